The summed E-state index contributed by atoms with van der Waals surface area (Å²) in [7, 11) is 1.60. The van der Waals surface area contributed by atoms with E-state index in [1.165, 1.54) is 4.90 Å². The van der Waals surface area contributed by atoms with Crippen molar-refractivity contribution < 1.29 is 4.79 Å². The fourth-order valence-corrected chi connectivity index (χ4v) is 0.679. The van der Waals surface area contributed by atoms with Gasteiger partial charge in [-0.05, 0) is 12.1 Å². The van der Waals surface area contributed by atoms with Crippen molar-refractivity contribution in [2.45, 2.75) is 0 Å². The molecule has 0 spiro atoms. The van der Waals surface area contributed by atoms with Crippen LogP contribution in [0, 0.1) is 0 Å². The number of amides is 2. The molecule has 0 saturated carbocycles. The van der Waals surface area contributed by atoms with E-state index in [4.69, 9.17) is 5.73 Å². The number of nitrogens with zero attached hydrogens (tertiary/aromatic N) is 2. The van der Waals surface area contributed by atoms with E-state index < -0.39 is 6.03 Å². The predicted molar refractivity (Wildman–Crippen MR) is 56.7 cm³/mol. The van der Waals surface area contributed by atoms with Crippen molar-refractivity contribution in [2.24, 2.45) is 5.73 Å². The van der Waals surface area contributed by atoms with Gasteiger partial charge in [-0.1, -0.05) is 0 Å². The van der Waals surface area contributed by atoms with Crippen molar-refractivity contribution >= 4 is 36.5 Å². The van der Waals surface area contributed by atoms with Gasteiger partial charge in [0.2, 0.25) is 0 Å². The normalized spacial score (nSPS) is 7.77. The number of nitrogens with two attached hydrogens (primary N) is 1. The van der Waals surface area contributed by atoms with E-state index in [-0.39, 0.29) is 24.8 Å². The van der Waals surface area contributed by atoms with Crippen LogP contribution in [0.1, 0.15) is 0 Å². The van der Waals surface area contributed by atoms with Crippen molar-refractivity contribution in [1.29, 1.82) is 0 Å². The van der Waals surface area contributed by atoms with Crippen LogP contribution in [0.2, 0.25) is 0 Å². The van der Waals surface area contributed by atoms with E-state index in [1.807, 2.05) is 0 Å². The topological polar surface area (TPSA) is 59.2 Å². The lowest BCUT2D eigenvalue weighted by molar-refractivity contribution is 0.255. The molecule has 0 atom stereocenters. The number of carbonyl (C=O) groups excluding carboxylic acids is 1. The first-order valence-corrected chi connectivity index (χ1v) is 3.15. The van der Waals surface area contributed by atoms with Crippen LogP contribution in [-0.4, -0.2) is 18.1 Å². The van der Waals surface area contributed by atoms with E-state index in [0.29, 0.717) is 5.69 Å². The number of pyridine rings is 1. The molecule has 0 aromatic carbocycles. The zero-order valence-electron chi connectivity index (χ0n) is 7.01. The van der Waals surface area contributed by atoms with Crippen molar-refractivity contribution in [3.8, 4) is 0 Å². The first-order chi connectivity index (χ1) is 5.22. The minimum absolute atomic E-state index is 0. The zero-order chi connectivity index (χ0) is 8.27. The number of urea groups is 1. The summed E-state index contributed by atoms with van der Waals surface area (Å²) < 4.78 is 0. The van der Waals surface area contributed by atoms with Crippen molar-refractivity contribution in [2.75, 3.05) is 11.9 Å². The molecule has 1 aromatic heterocycles. The first-order valence-electron chi connectivity index (χ1n) is 3.15. The number of anilines is 1. The highest BCUT2D eigenvalue weighted by atomic mass is 35.5. The van der Waals surface area contributed by atoms with E-state index in [2.05, 4.69) is 4.98 Å². The van der Waals surface area contributed by atoms with E-state index in [9.17, 15) is 4.79 Å². The molecule has 0 radical (unpaired) electrons. The van der Waals surface area contributed by atoms with Crippen LogP contribution < -0.4 is 10.6 Å². The van der Waals surface area contributed by atoms with Gasteiger partial charge in [0.25, 0.3) is 0 Å². The van der Waals surface area contributed by atoms with Gasteiger partial charge in [0.15, 0.2) is 0 Å². The summed E-state index contributed by atoms with van der Waals surface area (Å²) in [5.41, 5.74) is 5.72. The molecule has 0 bridgehead atoms. The molecular weight excluding hydrogens is 213 g/mol. The van der Waals surface area contributed by atoms with E-state index in [1.54, 1.807) is 31.6 Å². The summed E-state index contributed by atoms with van der Waals surface area (Å²) in [5, 5.41) is 0. The number of rotatable bonds is 1. The van der Waals surface area contributed by atoms with Gasteiger partial charge in [-0.25, -0.2) is 4.79 Å². The van der Waals surface area contributed by atoms with Crippen LogP contribution in [0.5, 0.6) is 0 Å². The Morgan fingerprint density at radius 1 is 1.54 bits per heavy atom. The van der Waals surface area contributed by atoms with Crippen molar-refractivity contribution in [3.05, 3.63) is 24.5 Å². The van der Waals surface area contributed by atoms with Gasteiger partial charge < -0.3 is 5.73 Å². The van der Waals surface area contributed by atoms with Crippen LogP contribution >= 0.6 is 24.8 Å². The summed E-state index contributed by atoms with van der Waals surface area (Å²) in [5.74, 6) is 0. The molecule has 1 heterocycles. The molecule has 0 saturated heterocycles. The Morgan fingerprint density at radius 2 is 2.15 bits per heavy atom. The number of hydrogen-bond donors (Lipinski definition) is 1. The smallest absolute Gasteiger partial charge is 0.319 e. The minimum Gasteiger partial charge on any atom is -0.351 e. The third-order valence-corrected chi connectivity index (χ3v) is 1.36. The molecule has 0 aliphatic rings. The molecule has 0 unspecified atom stereocenters. The fourth-order valence-electron chi connectivity index (χ4n) is 0.679. The highest BCUT2D eigenvalue weighted by Crippen LogP contribution is 2.07. The highest BCUT2D eigenvalue weighted by Gasteiger charge is 2.03. The van der Waals surface area contributed by atoms with Crippen molar-refractivity contribution in [1.82, 2.24) is 4.98 Å². The summed E-state index contributed by atoms with van der Waals surface area (Å²) in [6, 6.07) is 3.02. The standard InChI is InChI=1S/C7H9N3O.2ClH/c1-10(7(8)11)6-3-2-4-9-5-6;;/h2-5H,1H3,(H2,8,11);2*1H. The molecule has 0 fully saturated rings. The van der Waals surface area contributed by atoms with Gasteiger partial charge in [-0.2, -0.15) is 0 Å². The third-order valence-electron chi connectivity index (χ3n) is 1.36. The summed E-state index contributed by atoms with van der Waals surface area (Å²) in [6.07, 6.45) is 3.21. The average molecular weight is 224 g/mol. The molecule has 1 rings (SSSR count). The number of aromatic nitrogens is 1. The van der Waals surface area contributed by atoms with Gasteiger partial charge in [0.05, 0.1) is 11.9 Å². The van der Waals surface area contributed by atoms with Gasteiger partial charge >= 0.3 is 6.03 Å². The van der Waals surface area contributed by atoms with E-state index >= 15 is 0 Å². The summed E-state index contributed by atoms with van der Waals surface area (Å²) in [4.78, 5) is 15.8. The number of hydrogen-bond acceptors (Lipinski definition) is 2. The largest absolute Gasteiger partial charge is 0.351 e. The number of halogens is 2. The molecule has 2 amide bonds. The lowest BCUT2D eigenvalue weighted by Crippen LogP contribution is -2.31. The SMILES string of the molecule is CN(C(N)=O)c1cccnc1.Cl.Cl. The van der Waals surface area contributed by atoms with Crippen molar-refractivity contribution in [3.63, 3.8) is 0 Å². The van der Waals surface area contributed by atoms with E-state index in [0.717, 1.165) is 0 Å². The second-order valence-corrected chi connectivity index (χ2v) is 2.11. The molecule has 13 heavy (non-hydrogen) atoms. The summed E-state index contributed by atoms with van der Waals surface area (Å²) in [6.45, 7) is 0. The maximum Gasteiger partial charge on any atom is 0.319 e. The Morgan fingerprint density at radius 3 is 2.54 bits per heavy atom. The number of carbonyl (C=O) groups is 1. The molecule has 0 aliphatic heterocycles. The molecule has 74 valence electrons. The lowest BCUT2D eigenvalue weighted by atomic mass is 10.4. The Kier molecular flexibility index (Phi) is 7.27. The summed E-state index contributed by atoms with van der Waals surface area (Å²) >= 11 is 0. The van der Waals surface area contributed by atoms with Crippen LogP contribution in [0.15, 0.2) is 24.5 Å². The molecule has 4 nitrogen and oxygen atoms in total. The fraction of sp³-hybridized carbons (Fsp3) is 0.143. The van der Waals surface area contributed by atoms with Gasteiger partial charge in [0, 0.05) is 13.2 Å². The molecule has 6 heteroatoms. The van der Waals surface area contributed by atoms with Crippen LogP contribution in [0.25, 0.3) is 0 Å². The van der Waals surface area contributed by atoms with Crippen LogP contribution in [0.3, 0.4) is 0 Å². The second kappa shape index (κ2) is 6.51. The molecule has 2 N–H and O–H groups in total. The zero-order valence-corrected chi connectivity index (χ0v) is 8.64. The third kappa shape index (κ3) is 3.96. The number of primary amides is 1. The highest BCUT2D eigenvalue weighted by molar-refractivity contribution is 5.89. The van der Waals surface area contributed by atoms with Gasteiger partial charge in [0.1, 0.15) is 0 Å². The monoisotopic (exact) mass is 223 g/mol. The quantitative estimate of drug-likeness (QED) is 0.784. The van der Waals surface area contributed by atoms with Gasteiger partial charge in [-0.3, -0.25) is 9.88 Å². The Hall–Kier alpha value is -1.00. The second-order valence-electron chi connectivity index (χ2n) is 2.11. The maximum atomic E-state index is 10.6. The Labute approximate surface area is 88.9 Å². The van der Waals surface area contributed by atoms with Crippen LogP contribution in [0.4, 0.5) is 10.5 Å². The Balaban J connectivity index is 0. The Bertz CT molecular complexity index is 255. The molecular formula is C7H11Cl2N3O. The van der Waals surface area contributed by atoms with Crippen LogP contribution in [-0.2, 0) is 0 Å². The minimum atomic E-state index is -0.488. The predicted octanol–water partition coefficient (Wildman–Crippen LogP) is 1.44. The first kappa shape index (κ1) is 14.5. The lowest BCUT2D eigenvalue weighted by Gasteiger charge is -2.12. The average Bonchev–Trinajstić information content (AvgIpc) is 2.05. The maximum absolute atomic E-state index is 10.6. The van der Waals surface area contributed by atoms with Gasteiger partial charge in [-0.15, -0.1) is 24.8 Å². The molecule has 1 aromatic rings. The molecule has 0 aliphatic carbocycles.